The molecular formula is C18H35F5N2. The van der Waals surface area contributed by atoms with Crippen LogP contribution in [-0.2, 0) is 0 Å². The predicted molar refractivity (Wildman–Crippen MR) is 92.7 cm³/mol. The van der Waals surface area contributed by atoms with Crippen LogP contribution in [-0.4, -0.2) is 29.6 Å². The SMILES string of the molecule is CC(C)(N)CC(F)(F)C(C)(C)C(C)(C)C(F)(F)C(C)(F)C(C)(C)CN. The van der Waals surface area contributed by atoms with Gasteiger partial charge in [-0.05, 0) is 20.8 Å². The third-order valence-corrected chi connectivity index (χ3v) is 6.31. The molecule has 0 bridgehead atoms. The average Bonchev–Trinajstić information content (AvgIpc) is 2.34. The Kier molecular flexibility index (Phi) is 6.22. The van der Waals surface area contributed by atoms with Crippen molar-refractivity contribution in [3.8, 4) is 0 Å². The van der Waals surface area contributed by atoms with Crippen LogP contribution in [0.3, 0.4) is 0 Å². The van der Waals surface area contributed by atoms with Gasteiger partial charge in [-0.25, -0.2) is 22.0 Å². The highest BCUT2D eigenvalue weighted by molar-refractivity contribution is 5.13. The van der Waals surface area contributed by atoms with Crippen LogP contribution < -0.4 is 11.5 Å². The Morgan fingerprint density at radius 3 is 1.32 bits per heavy atom. The lowest BCUT2D eigenvalue weighted by Gasteiger charge is -2.56. The highest BCUT2D eigenvalue weighted by atomic mass is 19.3. The summed E-state index contributed by atoms with van der Waals surface area (Å²) in [7, 11) is 0. The van der Waals surface area contributed by atoms with E-state index in [9.17, 15) is 8.78 Å². The summed E-state index contributed by atoms with van der Waals surface area (Å²) < 4.78 is 75.8. The lowest BCUT2D eigenvalue weighted by atomic mass is 9.54. The molecule has 0 aliphatic carbocycles. The fraction of sp³-hybridized carbons (Fsp3) is 1.00. The normalized spacial score (nSPS) is 18.2. The van der Waals surface area contributed by atoms with Gasteiger partial charge in [0.05, 0.1) is 0 Å². The van der Waals surface area contributed by atoms with E-state index in [4.69, 9.17) is 11.5 Å². The summed E-state index contributed by atoms with van der Waals surface area (Å²) in [5.74, 6) is -7.62. The molecule has 1 atom stereocenters. The first-order chi connectivity index (χ1) is 10.5. The molecule has 0 aliphatic rings. The van der Waals surface area contributed by atoms with E-state index in [1.165, 1.54) is 27.7 Å². The number of hydrogen-bond donors (Lipinski definition) is 2. The third-order valence-electron chi connectivity index (χ3n) is 6.31. The Bertz CT molecular complexity index is 474. The molecule has 1 unspecified atom stereocenters. The number of rotatable bonds is 8. The highest BCUT2D eigenvalue weighted by Crippen LogP contribution is 2.63. The molecule has 0 radical (unpaired) electrons. The van der Waals surface area contributed by atoms with E-state index in [0.717, 1.165) is 34.6 Å². The van der Waals surface area contributed by atoms with Crippen molar-refractivity contribution in [3.63, 3.8) is 0 Å². The first-order valence-corrected chi connectivity index (χ1v) is 8.45. The van der Waals surface area contributed by atoms with Crippen LogP contribution in [0.1, 0.15) is 68.7 Å². The van der Waals surface area contributed by atoms with Crippen molar-refractivity contribution in [1.29, 1.82) is 0 Å². The fourth-order valence-corrected chi connectivity index (χ4v) is 2.85. The molecule has 7 heteroatoms. The van der Waals surface area contributed by atoms with Gasteiger partial charge in [0, 0.05) is 34.7 Å². The van der Waals surface area contributed by atoms with Gasteiger partial charge in [-0.3, -0.25) is 0 Å². The molecule has 0 saturated heterocycles. The van der Waals surface area contributed by atoms with Crippen LogP contribution in [0.25, 0.3) is 0 Å². The van der Waals surface area contributed by atoms with Gasteiger partial charge in [0.2, 0.25) is 0 Å². The zero-order valence-electron chi connectivity index (χ0n) is 17.0. The van der Waals surface area contributed by atoms with Crippen molar-refractivity contribution >= 4 is 0 Å². The highest BCUT2D eigenvalue weighted by Gasteiger charge is 2.73. The quantitative estimate of drug-likeness (QED) is 0.577. The van der Waals surface area contributed by atoms with Gasteiger partial charge in [-0.2, -0.15) is 0 Å². The van der Waals surface area contributed by atoms with E-state index in [1.807, 2.05) is 0 Å². The summed E-state index contributed by atoms with van der Waals surface area (Å²) in [5, 5.41) is 0. The summed E-state index contributed by atoms with van der Waals surface area (Å²) in [6.07, 6.45) is -0.796. The van der Waals surface area contributed by atoms with E-state index in [2.05, 4.69) is 0 Å². The summed E-state index contributed by atoms with van der Waals surface area (Å²) in [4.78, 5) is 0. The van der Waals surface area contributed by atoms with Gasteiger partial charge >= 0.3 is 0 Å². The molecule has 0 aliphatic heterocycles. The third kappa shape index (κ3) is 3.82. The van der Waals surface area contributed by atoms with Crippen molar-refractivity contribution in [2.24, 2.45) is 27.7 Å². The minimum absolute atomic E-state index is 0.349. The maximum absolute atomic E-state index is 15.3. The lowest BCUT2D eigenvalue weighted by molar-refractivity contribution is -0.296. The topological polar surface area (TPSA) is 52.0 Å². The maximum atomic E-state index is 15.3. The molecule has 0 saturated carbocycles. The Labute approximate surface area is 148 Å². The van der Waals surface area contributed by atoms with Crippen LogP contribution >= 0.6 is 0 Å². The smallest absolute Gasteiger partial charge is 0.287 e. The second-order valence-corrected chi connectivity index (χ2v) is 9.79. The lowest BCUT2D eigenvalue weighted by Crippen LogP contribution is -2.67. The zero-order chi connectivity index (χ0) is 20.9. The van der Waals surface area contributed by atoms with Crippen LogP contribution in [0.4, 0.5) is 22.0 Å². The standard InChI is InChI=1S/C18H35F5N2/c1-12(2,11-24)16(9,19)18(22,23)15(7,8)14(5,6)17(20,21)10-13(3,4)25/h10-11,24-25H2,1-9H3. The van der Waals surface area contributed by atoms with E-state index < -0.39 is 45.7 Å². The van der Waals surface area contributed by atoms with Gasteiger partial charge in [0.25, 0.3) is 11.8 Å². The van der Waals surface area contributed by atoms with E-state index >= 15 is 13.2 Å². The predicted octanol–water partition coefficient (Wildman–Crippen LogP) is 5.15. The summed E-state index contributed by atoms with van der Waals surface area (Å²) in [6, 6.07) is 0. The molecule has 0 rings (SSSR count). The Morgan fingerprint density at radius 2 is 1.04 bits per heavy atom. The second kappa shape index (κ2) is 6.32. The Hall–Kier alpha value is -0.430. The van der Waals surface area contributed by atoms with Crippen molar-refractivity contribution < 1.29 is 22.0 Å². The van der Waals surface area contributed by atoms with E-state index in [0.29, 0.717) is 0 Å². The van der Waals surface area contributed by atoms with Crippen molar-refractivity contribution in [2.75, 3.05) is 6.54 Å². The average molecular weight is 374 g/mol. The Balaban J connectivity index is 6.27. The monoisotopic (exact) mass is 374 g/mol. The van der Waals surface area contributed by atoms with Gasteiger partial charge < -0.3 is 11.5 Å². The molecular weight excluding hydrogens is 339 g/mol. The number of alkyl halides is 5. The van der Waals surface area contributed by atoms with Gasteiger partial charge in [0.1, 0.15) is 0 Å². The maximum Gasteiger partial charge on any atom is 0.287 e. The molecule has 152 valence electrons. The molecule has 2 nitrogen and oxygen atoms in total. The summed E-state index contributed by atoms with van der Waals surface area (Å²) >= 11 is 0. The van der Waals surface area contributed by atoms with Gasteiger partial charge in [0.15, 0.2) is 5.67 Å². The molecule has 0 heterocycles. The molecule has 0 aromatic rings. The van der Waals surface area contributed by atoms with Crippen molar-refractivity contribution in [3.05, 3.63) is 0 Å². The second-order valence-electron chi connectivity index (χ2n) is 9.79. The molecule has 0 fully saturated rings. The zero-order valence-corrected chi connectivity index (χ0v) is 17.0. The molecule has 0 aromatic carbocycles. The minimum atomic E-state index is -4.07. The number of nitrogens with two attached hydrogens (primary N) is 2. The molecule has 4 N–H and O–H groups in total. The Morgan fingerprint density at radius 1 is 0.680 bits per heavy atom. The van der Waals surface area contributed by atoms with Crippen LogP contribution in [0, 0.1) is 16.2 Å². The first-order valence-electron chi connectivity index (χ1n) is 8.45. The largest absolute Gasteiger partial charge is 0.330 e. The minimum Gasteiger partial charge on any atom is -0.330 e. The van der Waals surface area contributed by atoms with Gasteiger partial charge in [-0.1, -0.05) is 41.5 Å². The van der Waals surface area contributed by atoms with Gasteiger partial charge in [-0.15, -0.1) is 0 Å². The molecule has 0 aromatic heterocycles. The van der Waals surface area contributed by atoms with E-state index in [-0.39, 0.29) is 6.54 Å². The van der Waals surface area contributed by atoms with Crippen LogP contribution in [0.15, 0.2) is 0 Å². The summed E-state index contributed by atoms with van der Waals surface area (Å²) in [5.41, 5.74) is 0.579. The number of halogens is 5. The summed E-state index contributed by atoms with van der Waals surface area (Å²) in [6.45, 7) is 9.77. The fourth-order valence-electron chi connectivity index (χ4n) is 2.85. The van der Waals surface area contributed by atoms with Crippen LogP contribution in [0.5, 0.6) is 0 Å². The molecule has 0 spiro atoms. The van der Waals surface area contributed by atoms with E-state index in [1.54, 1.807) is 0 Å². The molecule has 25 heavy (non-hydrogen) atoms. The first kappa shape index (κ1) is 24.6. The molecule has 0 amide bonds. The van der Waals surface area contributed by atoms with Crippen molar-refractivity contribution in [2.45, 2.75) is 91.8 Å². The number of hydrogen-bond acceptors (Lipinski definition) is 2. The van der Waals surface area contributed by atoms with Crippen molar-refractivity contribution in [1.82, 2.24) is 0 Å². The van der Waals surface area contributed by atoms with Crippen LogP contribution in [0.2, 0.25) is 0 Å².